The zero-order valence-corrected chi connectivity index (χ0v) is 11.1. The standard InChI is InChI=1S/C16H17NO3/c17-7-6-15(18)11-2-1-3-13(8-11)19-10-12-9-14-4-5-16(12)20-14/h1-5,8-9,15,18H,6-7,10,17H2. The van der Waals surface area contributed by atoms with Crippen molar-refractivity contribution in [3.05, 3.63) is 53.6 Å². The Hall–Kier alpha value is -2.04. The van der Waals surface area contributed by atoms with Crippen molar-refractivity contribution in [2.45, 2.75) is 19.1 Å². The number of aliphatic hydroxyl groups excluding tert-OH is 1. The summed E-state index contributed by atoms with van der Waals surface area (Å²) in [7, 11) is 0. The number of hydrogen-bond donors (Lipinski definition) is 2. The fraction of sp³-hybridized carbons (Fsp3) is 0.250. The summed E-state index contributed by atoms with van der Waals surface area (Å²) in [4.78, 5) is 0. The minimum absolute atomic E-state index is 0.458. The van der Waals surface area contributed by atoms with Crippen LogP contribution in [0.4, 0.5) is 0 Å². The van der Waals surface area contributed by atoms with Crippen LogP contribution < -0.4 is 10.5 Å². The fourth-order valence-corrected chi connectivity index (χ4v) is 2.26. The van der Waals surface area contributed by atoms with E-state index in [4.69, 9.17) is 14.9 Å². The lowest BCUT2D eigenvalue weighted by atomic mass is 10.1. The van der Waals surface area contributed by atoms with Gasteiger partial charge in [-0.3, -0.25) is 0 Å². The average molecular weight is 271 g/mol. The second kappa shape index (κ2) is 5.53. The number of ether oxygens (including phenoxy) is 1. The van der Waals surface area contributed by atoms with Gasteiger partial charge in [0.1, 0.15) is 23.5 Å². The van der Waals surface area contributed by atoms with E-state index in [1.54, 1.807) is 0 Å². The van der Waals surface area contributed by atoms with Crippen LogP contribution in [-0.4, -0.2) is 11.7 Å². The molecule has 0 radical (unpaired) electrons. The highest BCUT2D eigenvalue weighted by Gasteiger charge is 2.09. The fourth-order valence-electron chi connectivity index (χ4n) is 2.26. The maximum Gasteiger partial charge on any atom is 0.134 e. The molecule has 0 aliphatic heterocycles. The summed E-state index contributed by atoms with van der Waals surface area (Å²) in [5.74, 6) is 0.733. The Kier molecular flexibility index (Phi) is 3.58. The minimum atomic E-state index is -0.540. The third-order valence-electron chi connectivity index (χ3n) is 3.34. The van der Waals surface area contributed by atoms with Crippen molar-refractivity contribution < 1.29 is 14.3 Å². The Morgan fingerprint density at radius 3 is 2.80 bits per heavy atom. The van der Waals surface area contributed by atoms with Gasteiger partial charge in [0.15, 0.2) is 0 Å². The summed E-state index contributed by atoms with van der Waals surface area (Å²) < 4.78 is 11.2. The largest absolute Gasteiger partial charge is 0.489 e. The van der Waals surface area contributed by atoms with Crippen molar-refractivity contribution in [2.75, 3.05) is 6.54 Å². The normalized spacial score (nSPS) is 12.9. The van der Waals surface area contributed by atoms with Gasteiger partial charge in [-0.1, -0.05) is 12.1 Å². The maximum atomic E-state index is 9.93. The molecule has 3 rings (SSSR count). The molecule has 1 aromatic carbocycles. The summed E-state index contributed by atoms with van der Waals surface area (Å²) >= 11 is 0. The lowest BCUT2D eigenvalue weighted by Crippen LogP contribution is -2.06. The summed E-state index contributed by atoms with van der Waals surface area (Å²) in [6, 6.07) is 13.3. The molecular formula is C16H17NO3. The van der Waals surface area contributed by atoms with Gasteiger partial charge in [-0.15, -0.1) is 0 Å². The number of fused-ring (bicyclic) bond motifs is 2. The highest BCUT2D eigenvalue weighted by Crippen LogP contribution is 2.25. The van der Waals surface area contributed by atoms with Crippen molar-refractivity contribution in [3.8, 4) is 5.75 Å². The number of nitrogens with two attached hydrogens (primary N) is 1. The number of hydrogen-bond acceptors (Lipinski definition) is 4. The van der Waals surface area contributed by atoms with Crippen LogP contribution in [0.3, 0.4) is 0 Å². The Bertz CT molecular complexity index is 677. The molecular weight excluding hydrogens is 254 g/mol. The molecule has 0 aliphatic rings. The summed E-state index contributed by atoms with van der Waals surface area (Å²) in [5.41, 5.74) is 9.05. The molecule has 3 N–H and O–H groups in total. The molecule has 0 saturated carbocycles. The number of furan rings is 2. The molecule has 0 amide bonds. The van der Waals surface area contributed by atoms with Gasteiger partial charge in [-0.25, -0.2) is 0 Å². The zero-order chi connectivity index (χ0) is 13.9. The van der Waals surface area contributed by atoms with Crippen LogP contribution in [0.25, 0.3) is 11.2 Å². The Balaban J connectivity index is 1.68. The Morgan fingerprint density at radius 2 is 2.10 bits per heavy atom. The van der Waals surface area contributed by atoms with Gasteiger partial charge in [-0.05, 0) is 48.9 Å². The van der Waals surface area contributed by atoms with Gasteiger partial charge in [-0.2, -0.15) is 0 Å². The van der Waals surface area contributed by atoms with Crippen LogP contribution in [0, 0.1) is 0 Å². The van der Waals surface area contributed by atoms with Crippen molar-refractivity contribution in [1.82, 2.24) is 0 Å². The molecule has 0 aliphatic carbocycles. The van der Waals surface area contributed by atoms with E-state index >= 15 is 0 Å². The molecule has 4 heteroatoms. The molecule has 0 spiro atoms. The van der Waals surface area contributed by atoms with Crippen LogP contribution in [-0.2, 0) is 6.61 Å². The molecule has 2 heterocycles. The Morgan fingerprint density at radius 1 is 1.20 bits per heavy atom. The number of benzene rings is 2. The Labute approximate surface area is 117 Å². The van der Waals surface area contributed by atoms with Gasteiger partial charge in [0.2, 0.25) is 0 Å². The van der Waals surface area contributed by atoms with E-state index in [0.29, 0.717) is 19.6 Å². The van der Waals surface area contributed by atoms with Crippen LogP contribution >= 0.6 is 0 Å². The highest BCUT2D eigenvalue weighted by atomic mass is 16.5. The first-order valence-corrected chi connectivity index (χ1v) is 6.68. The van der Waals surface area contributed by atoms with Crippen LogP contribution in [0.1, 0.15) is 23.7 Å². The summed E-state index contributed by atoms with van der Waals surface area (Å²) in [6.45, 7) is 0.916. The summed E-state index contributed by atoms with van der Waals surface area (Å²) in [6.07, 6.45) is 0.00481. The van der Waals surface area contributed by atoms with Gasteiger partial charge in [0.05, 0.1) is 6.10 Å². The SMILES string of the molecule is NCCC(O)c1cccc(OCc2cc3ccc2o3)c1. The lowest BCUT2D eigenvalue weighted by molar-refractivity contribution is 0.169. The molecule has 2 bridgehead atoms. The van der Waals surface area contributed by atoms with Crippen LogP contribution in [0.2, 0.25) is 0 Å². The molecule has 3 aromatic rings. The first-order valence-electron chi connectivity index (χ1n) is 6.68. The van der Waals surface area contributed by atoms with Gasteiger partial charge < -0.3 is 20.0 Å². The van der Waals surface area contributed by atoms with E-state index in [9.17, 15) is 5.11 Å². The van der Waals surface area contributed by atoms with Crippen molar-refractivity contribution >= 4 is 11.2 Å². The van der Waals surface area contributed by atoms with E-state index in [1.807, 2.05) is 42.5 Å². The number of aliphatic hydroxyl groups is 1. The van der Waals surface area contributed by atoms with E-state index in [-0.39, 0.29) is 0 Å². The first-order chi connectivity index (χ1) is 9.76. The van der Waals surface area contributed by atoms with Crippen LogP contribution in [0.5, 0.6) is 5.75 Å². The zero-order valence-electron chi connectivity index (χ0n) is 11.1. The van der Waals surface area contributed by atoms with Gasteiger partial charge in [0.25, 0.3) is 0 Å². The molecule has 2 aromatic heterocycles. The number of rotatable bonds is 6. The predicted octanol–water partition coefficient (Wildman–Crippen LogP) is 2.83. The minimum Gasteiger partial charge on any atom is -0.489 e. The van der Waals surface area contributed by atoms with Crippen molar-refractivity contribution in [2.24, 2.45) is 5.73 Å². The lowest BCUT2D eigenvalue weighted by Gasteiger charge is -2.11. The van der Waals surface area contributed by atoms with E-state index in [1.165, 1.54) is 0 Å². The monoisotopic (exact) mass is 271 g/mol. The maximum absolute atomic E-state index is 9.93. The molecule has 0 fully saturated rings. The third kappa shape index (κ3) is 2.61. The molecule has 4 nitrogen and oxygen atoms in total. The first kappa shape index (κ1) is 13.0. The second-order valence-electron chi connectivity index (χ2n) is 4.83. The molecule has 1 unspecified atom stereocenters. The highest BCUT2D eigenvalue weighted by molar-refractivity contribution is 5.65. The van der Waals surface area contributed by atoms with E-state index in [0.717, 1.165) is 28.0 Å². The third-order valence-corrected chi connectivity index (χ3v) is 3.34. The van der Waals surface area contributed by atoms with Gasteiger partial charge in [0, 0.05) is 5.56 Å². The smallest absolute Gasteiger partial charge is 0.134 e. The molecule has 104 valence electrons. The van der Waals surface area contributed by atoms with Crippen molar-refractivity contribution in [3.63, 3.8) is 0 Å². The van der Waals surface area contributed by atoms with Gasteiger partial charge >= 0.3 is 0 Å². The summed E-state index contributed by atoms with van der Waals surface area (Å²) in [5, 5.41) is 9.93. The molecule has 20 heavy (non-hydrogen) atoms. The van der Waals surface area contributed by atoms with Crippen LogP contribution in [0.15, 0.2) is 46.9 Å². The quantitative estimate of drug-likeness (QED) is 0.723. The van der Waals surface area contributed by atoms with E-state index in [2.05, 4.69) is 0 Å². The predicted molar refractivity (Wildman–Crippen MR) is 76.8 cm³/mol. The van der Waals surface area contributed by atoms with Crippen molar-refractivity contribution in [1.29, 1.82) is 0 Å². The molecule has 0 saturated heterocycles. The topological polar surface area (TPSA) is 68.6 Å². The van der Waals surface area contributed by atoms with E-state index < -0.39 is 6.10 Å². The average Bonchev–Trinajstić information content (AvgIpc) is 3.08. The molecule has 1 atom stereocenters. The second-order valence-corrected chi connectivity index (χ2v) is 4.83.